The zero-order chi connectivity index (χ0) is 13.7. The fourth-order valence-electron chi connectivity index (χ4n) is 2.59. The molecule has 1 saturated carbocycles. The molecule has 2 rings (SSSR count). The monoisotopic (exact) mass is 298 g/mol. The van der Waals surface area contributed by atoms with E-state index in [4.69, 9.17) is 4.98 Å². The molecule has 108 valence electrons. The Hall–Kier alpha value is -0.0600. The number of thioether (sulfide) groups is 1. The second-order valence-electron chi connectivity index (χ2n) is 5.82. The smallest absolute Gasteiger partial charge is 0.103 e. The fraction of sp³-hybridized carbons (Fsp3) is 0.800. The molecule has 0 radical (unpaired) electrons. The van der Waals surface area contributed by atoms with Crippen molar-refractivity contribution in [3.63, 3.8) is 0 Å². The van der Waals surface area contributed by atoms with E-state index in [2.05, 4.69) is 30.9 Å². The van der Waals surface area contributed by atoms with Crippen LogP contribution >= 0.6 is 23.1 Å². The molecule has 1 N–H and O–H groups in total. The highest BCUT2D eigenvalue weighted by Crippen LogP contribution is 2.33. The van der Waals surface area contributed by atoms with E-state index in [1.165, 1.54) is 41.3 Å². The summed E-state index contributed by atoms with van der Waals surface area (Å²) in [5.41, 5.74) is 1.33. The number of nitrogens with one attached hydrogen (secondary N) is 1. The third kappa shape index (κ3) is 4.76. The van der Waals surface area contributed by atoms with Crippen LogP contribution in [0.1, 0.15) is 55.1 Å². The minimum absolute atomic E-state index is 0.688. The van der Waals surface area contributed by atoms with Gasteiger partial charge in [0, 0.05) is 22.4 Å². The molecule has 4 heteroatoms. The molecule has 0 amide bonds. The minimum Gasteiger partial charge on any atom is -0.315 e. The topological polar surface area (TPSA) is 24.9 Å². The maximum absolute atomic E-state index is 4.89. The van der Waals surface area contributed by atoms with E-state index in [9.17, 15) is 0 Å². The van der Waals surface area contributed by atoms with Crippen LogP contribution in [0, 0.1) is 5.92 Å². The maximum Gasteiger partial charge on any atom is 0.103 e. The van der Waals surface area contributed by atoms with Crippen molar-refractivity contribution in [2.45, 2.75) is 63.5 Å². The van der Waals surface area contributed by atoms with Crippen LogP contribution in [0.15, 0.2) is 0 Å². The Morgan fingerprint density at radius 1 is 1.37 bits per heavy atom. The van der Waals surface area contributed by atoms with Gasteiger partial charge in [0.05, 0.1) is 5.69 Å². The fourth-order valence-corrected chi connectivity index (χ4v) is 5.04. The van der Waals surface area contributed by atoms with E-state index in [1.54, 1.807) is 0 Å². The summed E-state index contributed by atoms with van der Waals surface area (Å²) in [5, 5.41) is 5.50. The van der Waals surface area contributed by atoms with Crippen molar-refractivity contribution in [3.05, 3.63) is 15.6 Å². The van der Waals surface area contributed by atoms with Crippen LogP contribution in [-0.2, 0) is 18.7 Å². The van der Waals surface area contributed by atoms with Crippen molar-refractivity contribution in [2.24, 2.45) is 5.92 Å². The molecule has 0 aliphatic heterocycles. The molecule has 0 aromatic carbocycles. The van der Waals surface area contributed by atoms with Gasteiger partial charge in [-0.1, -0.05) is 26.7 Å². The number of thiazole rings is 1. The normalized spacial score (nSPS) is 16.6. The standard InChI is InChI=1S/C15H26N2S2/c1-11(2)8-13-14(9-16-3)19-15(17-13)10-18-12-6-4-5-7-12/h11-12,16H,4-10H2,1-3H3. The van der Waals surface area contributed by atoms with Crippen LogP contribution < -0.4 is 5.32 Å². The van der Waals surface area contributed by atoms with E-state index in [0.29, 0.717) is 5.92 Å². The van der Waals surface area contributed by atoms with Crippen molar-refractivity contribution in [1.29, 1.82) is 0 Å². The molecule has 0 spiro atoms. The Morgan fingerprint density at radius 3 is 2.74 bits per heavy atom. The molecule has 1 heterocycles. The Bertz CT molecular complexity index is 381. The van der Waals surface area contributed by atoms with Crippen LogP contribution in [0.25, 0.3) is 0 Å². The largest absolute Gasteiger partial charge is 0.315 e. The first kappa shape index (κ1) is 15.3. The lowest BCUT2D eigenvalue weighted by molar-refractivity contribution is 0.630. The van der Waals surface area contributed by atoms with Crippen LogP contribution in [0.4, 0.5) is 0 Å². The highest BCUT2D eigenvalue weighted by atomic mass is 32.2. The lowest BCUT2D eigenvalue weighted by Crippen LogP contribution is -2.07. The summed E-state index contributed by atoms with van der Waals surface area (Å²) in [7, 11) is 2.02. The van der Waals surface area contributed by atoms with Gasteiger partial charge in [-0.05, 0) is 32.2 Å². The van der Waals surface area contributed by atoms with Gasteiger partial charge in [0.15, 0.2) is 0 Å². The van der Waals surface area contributed by atoms with Crippen LogP contribution in [0.3, 0.4) is 0 Å². The average molecular weight is 299 g/mol. The zero-order valence-corrected chi connectivity index (χ0v) is 14.0. The highest BCUT2D eigenvalue weighted by Gasteiger charge is 2.17. The number of hydrogen-bond acceptors (Lipinski definition) is 4. The van der Waals surface area contributed by atoms with Gasteiger partial charge in [0.1, 0.15) is 5.01 Å². The summed E-state index contributed by atoms with van der Waals surface area (Å²) >= 11 is 4.04. The van der Waals surface area contributed by atoms with Crippen LogP contribution in [-0.4, -0.2) is 17.3 Å². The van der Waals surface area contributed by atoms with E-state index in [0.717, 1.165) is 24.0 Å². The average Bonchev–Trinajstić information content (AvgIpc) is 2.97. The molecule has 2 nitrogen and oxygen atoms in total. The molecule has 1 aromatic heterocycles. The predicted octanol–water partition coefficient (Wildman–Crippen LogP) is 4.24. The van der Waals surface area contributed by atoms with E-state index >= 15 is 0 Å². The number of nitrogens with zero attached hydrogens (tertiary/aromatic N) is 1. The summed E-state index contributed by atoms with van der Waals surface area (Å²) < 4.78 is 0. The maximum atomic E-state index is 4.89. The molecule has 0 bridgehead atoms. The summed E-state index contributed by atoms with van der Waals surface area (Å²) in [6.07, 6.45) is 6.80. The zero-order valence-electron chi connectivity index (χ0n) is 12.4. The van der Waals surface area contributed by atoms with E-state index in [-0.39, 0.29) is 0 Å². The quantitative estimate of drug-likeness (QED) is 0.815. The summed E-state index contributed by atoms with van der Waals surface area (Å²) in [6, 6.07) is 0. The van der Waals surface area contributed by atoms with Gasteiger partial charge in [0.2, 0.25) is 0 Å². The van der Waals surface area contributed by atoms with Gasteiger partial charge in [-0.3, -0.25) is 0 Å². The molecule has 1 aliphatic rings. The first-order chi connectivity index (χ1) is 9.19. The van der Waals surface area contributed by atoms with E-state index in [1.807, 2.05) is 18.4 Å². The van der Waals surface area contributed by atoms with Crippen LogP contribution in [0.2, 0.25) is 0 Å². The van der Waals surface area contributed by atoms with Crippen molar-refractivity contribution in [1.82, 2.24) is 10.3 Å². The molecule has 1 fully saturated rings. The van der Waals surface area contributed by atoms with Gasteiger partial charge >= 0.3 is 0 Å². The highest BCUT2D eigenvalue weighted by molar-refractivity contribution is 7.99. The van der Waals surface area contributed by atoms with Crippen molar-refractivity contribution in [3.8, 4) is 0 Å². The Balaban J connectivity index is 1.95. The van der Waals surface area contributed by atoms with Crippen LogP contribution in [0.5, 0.6) is 0 Å². The number of hydrogen-bond donors (Lipinski definition) is 1. The Kier molecular flexibility index (Phi) is 6.17. The summed E-state index contributed by atoms with van der Waals surface area (Å²) in [4.78, 5) is 6.33. The lowest BCUT2D eigenvalue weighted by Gasteiger charge is -2.06. The minimum atomic E-state index is 0.688. The van der Waals surface area contributed by atoms with E-state index < -0.39 is 0 Å². The van der Waals surface area contributed by atoms with Gasteiger partial charge < -0.3 is 5.32 Å². The van der Waals surface area contributed by atoms with Crippen molar-refractivity contribution in [2.75, 3.05) is 7.05 Å². The lowest BCUT2D eigenvalue weighted by atomic mass is 10.1. The van der Waals surface area contributed by atoms with Crippen molar-refractivity contribution >= 4 is 23.1 Å². The van der Waals surface area contributed by atoms with Gasteiger partial charge in [0.25, 0.3) is 0 Å². The molecule has 0 saturated heterocycles. The first-order valence-corrected chi connectivity index (χ1v) is 9.29. The molecular weight excluding hydrogens is 272 g/mol. The third-order valence-corrected chi connectivity index (χ3v) is 6.17. The molecule has 1 aromatic rings. The predicted molar refractivity (Wildman–Crippen MR) is 87.0 cm³/mol. The first-order valence-electron chi connectivity index (χ1n) is 7.42. The molecule has 0 unspecified atom stereocenters. The molecule has 0 atom stereocenters. The second kappa shape index (κ2) is 7.65. The summed E-state index contributed by atoms with van der Waals surface area (Å²) in [5.74, 6) is 1.80. The number of rotatable bonds is 7. The van der Waals surface area contributed by atoms with Gasteiger partial charge in [-0.25, -0.2) is 4.98 Å². The molecular formula is C15H26N2S2. The Labute approximate surface area is 125 Å². The third-order valence-electron chi connectivity index (χ3n) is 3.51. The molecule has 1 aliphatic carbocycles. The van der Waals surface area contributed by atoms with Crippen molar-refractivity contribution < 1.29 is 0 Å². The molecule has 19 heavy (non-hydrogen) atoms. The Morgan fingerprint density at radius 2 is 2.11 bits per heavy atom. The number of aromatic nitrogens is 1. The SMILES string of the molecule is CNCc1sc(CSC2CCCC2)nc1CC(C)C. The van der Waals surface area contributed by atoms with Gasteiger partial charge in [-0.15, -0.1) is 11.3 Å². The summed E-state index contributed by atoms with van der Waals surface area (Å²) in [6.45, 7) is 5.51. The van der Waals surface area contributed by atoms with Gasteiger partial charge in [-0.2, -0.15) is 11.8 Å². The second-order valence-corrected chi connectivity index (χ2v) is 8.28.